The fraction of sp³-hybridized carbons (Fsp3) is 0.576. The van der Waals surface area contributed by atoms with Gasteiger partial charge in [-0.2, -0.15) is 0 Å². The van der Waals surface area contributed by atoms with E-state index in [0.717, 1.165) is 42.1 Å². The second kappa shape index (κ2) is 17.6. The first-order valence-electron chi connectivity index (χ1n) is 15.8. The standard InChI is InChI=1S/C33H45N3O10/c1-4-43-33(38)29-21-27(25-10-12-26(42-3)13-11-25)31(22-35(29)32(37)8-5-6-18-46-36(39)40)45-23-24-9-14-30-28(20-24)34(16-19-44-30)15-7-17-41-2/h9-14,20,27,29,31H,4-8,15-19,21-23H2,1-3H3. The number of piperidine rings is 1. The van der Waals surface area contributed by atoms with Crippen molar-refractivity contribution in [3.63, 3.8) is 0 Å². The van der Waals surface area contributed by atoms with Crippen LogP contribution < -0.4 is 14.4 Å². The summed E-state index contributed by atoms with van der Waals surface area (Å²) in [5.74, 6) is 0.637. The highest BCUT2D eigenvalue weighted by molar-refractivity contribution is 5.85. The summed E-state index contributed by atoms with van der Waals surface area (Å²) in [4.78, 5) is 45.4. The second-order valence-corrected chi connectivity index (χ2v) is 11.3. The number of ether oxygens (including phenoxy) is 5. The molecule has 2 aliphatic rings. The summed E-state index contributed by atoms with van der Waals surface area (Å²) in [6, 6.07) is 12.9. The summed E-state index contributed by atoms with van der Waals surface area (Å²) in [7, 11) is 3.30. The topological polar surface area (TPSA) is 139 Å². The van der Waals surface area contributed by atoms with Crippen LogP contribution in [0.1, 0.15) is 56.1 Å². The molecule has 0 bridgehead atoms. The Balaban J connectivity index is 1.54. The predicted molar refractivity (Wildman–Crippen MR) is 169 cm³/mol. The molecule has 2 aromatic carbocycles. The van der Waals surface area contributed by atoms with Gasteiger partial charge in [0, 0.05) is 39.1 Å². The van der Waals surface area contributed by atoms with E-state index in [-0.39, 0.29) is 38.0 Å². The van der Waals surface area contributed by atoms with E-state index in [2.05, 4.69) is 15.8 Å². The molecule has 2 aromatic rings. The smallest absolute Gasteiger partial charge is 0.328 e. The number of fused-ring (bicyclic) bond motifs is 1. The van der Waals surface area contributed by atoms with Gasteiger partial charge < -0.3 is 38.3 Å². The number of hydrogen-bond acceptors (Lipinski definition) is 11. The van der Waals surface area contributed by atoms with Crippen molar-refractivity contribution in [2.45, 2.75) is 63.7 Å². The second-order valence-electron chi connectivity index (χ2n) is 11.3. The van der Waals surface area contributed by atoms with Crippen molar-refractivity contribution in [2.24, 2.45) is 0 Å². The van der Waals surface area contributed by atoms with E-state index in [4.69, 9.17) is 23.7 Å². The highest BCUT2D eigenvalue weighted by Crippen LogP contribution is 2.37. The van der Waals surface area contributed by atoms with Crippen molar-refractivity contribution >= 4 is 17.6 Å². The van der Waals surface area contributed by atoms with Gasteiger partial charge in [0.05, 0.1) is 45.3 Å². The summed E-state index contributed by atoms with van der Waals surface area (Å²) >= 11 is 0. The molecule has 46 heavy (non-hydrogen) atoms. The van der Waals surface area contributed by atoms with E-state index >= 15 is 0 Å². The number of amides is 1. The molecule has 0 radical (unpaired) electrons. The fourth-order valence-electron chi connectivity index (χ4n) is 5.98. The first-order valence-corrected chi connectivity index (χ1v) is 15.8. The number of benzene rings is 2. The number of carbonyl (C=O) groups is 2. The summed E-state index contributed by atoms with van der Waals surface area (Å²) in [5, 5.41) is 9.62. The van der Waals surface area contributed by atoms with Crippen LogP contribution in [0, 0.1) is 10.1 Å². The molecule has 13 nitrogen and oxygen atoms in total. The number of anilines is 1. The average Bonchev–Trinajstić information content (AvgIpc) is 3.07. The van der Waals surface area contributed by atoms with E-state index < -0.39 is 23.2 Å². The maximum atomic E-state index is 13.5. The van der Waals surface area contributed by atoms with Crippen molar-refractivity contribution in [2.75, 3.05) is 65.2 Å². The van der Waals surface area contributed by atoms with E-state index in [1.165, 1.54) is 0 Å². The van der Waals surface area contributed by atoms with Crippen molar-refractivity contribution in [3.05, 3.63) is 63.7 Å². The molecule has 0 spiro atoms. The molecule has 0 saturated carbocycles. The first kappa shape index (κ1) is 34.8. The Hall–Kier alpha value is -4.10. The van der Waals surface area contributed by atoms with Gasteiger partial charge >= 0.3 is 5.97 Å². The lowest BCUT2D eigenvalue weighted by molar-refractivity contribution is -0.757. The quantitative estimate of drug-likeness (QED) is 0.106. The van der Waals surface area contributed by atoms with Gasteiger partial charge in [0.15, 0.2) is 0 Å². The first-order chi connectivity index (χ1) is 22.3. The number of carbonyl (C=O) groups excluding carboxylic acids is 2. The molecular weight excluding hydrogens is 598 g/mol. The van der Waals surface area contributed by atoms with E-state index in [9.17, 15) is 19.7 Å². The van der Waals surface area contributed by atoms with E-state index in [0.29, 0.717) is 44.8 Å². The number of likely N-dealkylation sites (tertiary alicyclic amines) is 1. The molecule has 3 atom stereocenters. The largest absolute Gasteiger partial charge is 0.497 e. The molecule has 0 N–H and O–H groups in total. The normalized spacial score (nSPS) is 19.2. The van der Waals surface area contributed by atoms with Crippen LogP contribution in [0.25, 0.3) is 0 Å². The van der Waals surface area contributed by atoms with Crippen molar-refractivity contribution in [3.8, 4) is 11.5 Å². The van der Waals surface area contributed by atoms with Crippen molar-refractivity contribution < 1.29 is 43.2 Å². The molecule has 3 unspecified atom stereocenters. The highest BCUT2D eigenvalue weighted by Gasteiger charge is 2.43. The van der Waals surface area contributed by atoms with Gasteiger partial charge in [0.25, 0.3) is 5.09 Å². The Morgan fingerprint density at radius 1 is 1.07 bits per heavy atom. The zero-order chi connectivity index (χ0) is 32.9. The van der Waals surface area contributed by atoms with Gasteiger partial charge in [-0.15, -0.1) is 10.1 Å². The number of esters is 1. The Bertz CT molecular complexity index is 1290. The fourth-order valence-corrected chi connectivity index (χ4v) is 5.98. The predicted octanol–water partition coefficient (Wildman–Crippen LogP) is 4.14. The maximum absolute atomic E-state index is 13.5. The van der Waals surface area contributed by atoms with Crippen LogP contribution in [-0.2, 0) is 35.2 Å². The van der Waals surface area contributed by atoms with Crippen LogP contribution in [0.2, 0.25) is 0 Å². The number of hydrogen-bond donors (Lipinski definition) is 0. The molecule has 252 valence electrons. The lowest BCUT2D eigenvalue weighted by Crippen LogP contribution is -2.55. The van der Waals surface area contributed by atoms with Gasteiger partial charge in [0.2, 0.25) is 5.91 Å². The molecule has 1 saturated heterocycles. The van der Waals surface area contributed by atoms with E-state index in [1.807, 2.05) is 36.4 Å². The van der Waals surface area contributed by atoms with Crippen LogP contribution >= 0.6 is 0 Å². The van der Waals surface area contributed by atoms with E-state index in [1.54, 1.807) is 26.0 Å². The maximum Gasteiger partial charge on any atom is 0.328 e. The molecule has 4 rings (SSSR count). The number of nitrogens with zero attached hydrogens (tertiary/aromatic N) is 3. The van der Waals surface area contributed by atoms with Gasteiger partial charge in [-0.05, 0) is 68.0 Å². The zero-order valence-corrected chi connectivity index (χ0v) is 26.9. The van der Waals surface area contributed by atoms with Crippen LogP contribution in [0.5, 0.6) is 11.5 Å². The third-order valence-corrected chi connectivity index (χ3v) is 8.31. The number of rotatable bonds is 17. The van der Waals surface area contributed by atoms with Gasteiger partial charge in [-0.1, -0.05) is 18.2 Å². The summed E-state index contributed by atoms with van der Waals surface area (Å²) in [6.45, 7) is 5.23. The number of methoxy groups -OCH3 is 2. The molecule has 2 heterocycles. The average molecular weight is 644 g/mol. The minimum absolute atomic E-state index is 0.0947. The third-order valence-electron chi connectivity index (χ3n) is 8.31. The summed E-state index contributed by atoms with van der Waals surface area (Å²) in [5.41, 5.74) is 2.94. The van der Waals surface area contributed by atoms with Gasteiger partial charge in [0.1, 0.15) is 24.1 Å². The Morgan fingerprint density at radius 2 is 1.87 bits per heavy atom. The van der Waals surface area contributed by atoms with Crippen molar-refractivity contribution in [1.82, 2.24) is 4.90 Å². The lowest BCUT2D eigenvalue weighted by Gasteiger charge is -2.43. The SMILES string of the molecule is CCOC(=O)C1CC(c2ccc(OC)cc2)C(OCc2ccc3c(c2)N(CCCOC)CCO3)CN1C(=O)CCCCO[N+](=O)[O-]. The van der Waals surface area contributed by atoms with Gasteiger partial charge in [-0.25, -0.2) is 4.79 Å². The Labute approximate surface area is 269 Å². The molecule has 0 aliphatic carbocycles. The van der Waals surface area contributed by atoms with Crippen LogP contribution in [0.4, 0.5) is 5.69 Å². The minimum Gasteiger partial charge on any atom is -0.497 e. The van der Waals surface area contributed by atoms with Crippen molar-refractivity contribution in [1.29, 1.82) is 0 Å². The third kappa shape index (κ3) is 9.46. The Kier molecular flexibility index (Phi) is 13.3. The molecule has 1 amide bonds. The van der Waals surface area contributed by atoms with Crippen LogP contribution in [0.15, 0.2) is 42.5 Å². The summed E-state index contributed by atoms with van der Waals surface area (Å²) < 4.78 is 28.5. The monoisotopic (exact) mass is 643 g/mol. The number of unbranched alkanes of at least 4 members (excludes halogenated alkanes) is 1. The lowest BCUT2D eigenvalue weighted by atomic mass is 9.82. The summed E-state index contributed by atoms with van der Waals surface area (Å²) in [6.07, 6.45) is 1.62. The molecule has 2 aliphatic heterocycles. The molecule has 1 fully saturated rings. The highest BCUT2D eigenvalue weighted by atomic mass is 16.9. The zero-order valence-electron chi connectivity index (χ0n) is 26.9. The van der Waals surface area contributed by atoms with Crippen LogP contribution in [0.3, 0.4) is 0 Å². The van der Waals surface area contributed by atoms with Gasteiger partial charge in [-0.3, -0.25) is 4.79 Å². The molecular formula is C33H45N3O10. The molecule has 0 aromatic heterocycles. The minimum atomic E-state index is -0.848. The van der Waals surface area contributed by atoms with Crippen LogP contribution in [-0.4, -0.2) is 94.3 Å². The molecule has 13 heteroatoms. The Morgan fingerprint density at radius 3 is 2.59 bits per heavy atom.